The smallest absolute Gasteiger partial charge is 0.256 e. The average Bonchev–Trinajstić information content (AvgIpc) is 3.32. The fourth-order valence-electron chi connectivity index (χ4n) is 4.10. The van der Waals surface area contributed by atoms with Gasteiger partial charge in [0.15, 0.2) is 0 Å². The summed E-state index contributed by atoms with van der Waals surface area (Å²) >= 11 is 0. The van der Waals surface area contributed by atoms with Crippen LogP contribution in [0.5, 0.6) is 0 Å². The Kier molecular flexibility index (Phi) is 4.86. The van der Waals surface area contributed by atoms with Gasteiger partial charge in [-0.3, -0.25) is 9.78 Å². The van der Waals surface area contributed by atoms with Gasteiger partial charge in [-0.05, 0) is 58.3 Å². The zero-order valence-electron chi connectivity index (χ0n) is 16.1. The quantitative estimate of drug-likeness (QED) is 0.848. The first-order valence-corrected chi connectivity index (χ1v) is 9.81. The first-order chi connectivity index (χ1) is 13.0. The van der Waals surface area contributed by atoms with Crippen LogP contribution >= 0.6 is 0 Å². The molecule has 144 valence electrons. The number of carbonyl (C=O) groups is 1. The number of likely N-dealkylation sites (tertiary alicyclic amines) is 1. The minimum atomic E-state index is -0.198. The van der Waals surface area contributed by atoms with Gasteiger partial charge in [-0.15, -0.1) is 0 Å². The molecule has 0 bridgehead atoms. The second kappa shape index (κ2) is 7.31. The molecule has 2 N–H and O–H groups in total. The van der Waals surface area contributed by atoms with Crippen LogP contribution in [0.25, 0.3) is 0 Å². The largest absolute Gasteiger partial charge is 0.361 e. The third-order valence-corrected chi connectivity index (χ3v) is 5.56. The van der Waals surface area contributed by atoms with E-state index in [1.54, 1.807) is 6.20 Å². The zero-order valence-corrected chi connectivity index (χ0v) is 16.1. The Morgan fingerprint density at radius 1 is 1.33 bits per heavy atom. The molecule has 4 heterocycles. The summed E-state index contributed by atoms with van der Waals surface area (Å²) in [6, 6.07) is 5.99. The van der Waals surface area contributed by atoms with Gasteiger partial charge >= 0.3 is 0 Å². The van der Waals surface area contributed by atoms with Gasteiger partial charge in [0, 0.05) is 19.3 Å². The standard InChI is InChI=1S/C20H28N6O/c1-20(2)13-17(16-7-3-4-8-21-16)24-18-15(14-23-26(18)20)19(27)22-9-12-25-10-5-6-11-25/h3-4,7-8,14,17,24H,5-6,9-13H2,1-2H3,(H,22,27). The molecular formula is C20H28N6O. The van der Waals surface area contributed by atoms with E-state index in [0.717, 1.165) is 37.6 Å². The highest BCUT2D eigenvalue weighted by molar-refractivity contribution is 5.98. The number of aromatic nitrogens is 3. The molecule has 1 fully saturated rings. The van der Waals surface area contributed by atoms with Crippen molar-refractivity contribution < 1.29 is 4.79 Å². The van der Waals surface area contributed by atoms with Crippen molar-refractivity contribution >= 4 is 11.7 Å². The number of amides is 1. The zero-order chi connectivity index (χ0) is 18.9. The fraction of sp³-hybridized carbons (Fsp3) is 0.550. The molecule has 2 aliphatic heterocycles. The van der Waals surface area contributed by atoms with Crippen LogP contribution in [0, 0.1) is 0 Å². The second-order valence-electron chi connectivity index (χ2n) is 8.09. The molecule has 1 unspecified atom stereocenters. The average molecular weight is 368 g/mol. The summed E-state index contributed by atoms with van der Waals surface area (Å²) < 4.78 is 1.93. The van der Waals surface area contributed by atoms with Crippen molar-refractivity contribution in [2.75, 3.05) is 31.5 Å². The lowest BCUT2D eigenvalue weighted by Crippen LogP contribution is -2.39. The van der Waals surface area contributed by atoms with E-state index in [1.165, 1.54) is 12.8 Å². The molecule has 4 rings (SSSR count). The van der Waals surface area contributed by atoms with E-state index in [2.05, 4.69) is 39.5 Å². The number of nitrogens with one attached hydrogen (secondary N) is 2. The first kappa shape index (κ1) is 18.0. The van der Waals surface area contributed by atoms with Gasteiger partial charge in [0.2, 0.25) is 0 Å². The summed E-state index contributed by atoms with van der Waals surface area (Å²) in [5.74, 6) is 0.709. The number of anilines is 1. The number of rotatable bonds is 5. The van der Waals surface area contributed by atoms with Crippen molar-refractivity contribution in [3.8, 4) is 0 Å². The van der Waals surface area contributed by atoms with Crippen LogP contribution in [0.15, 0.2) is 30.6 Å². The predicted octanol–water partition coefficient (Wildman–Crippen LogP) is 2.40. The van der Waals surface area contributed by atoms with Crippen LogP contribution in [0.1, 0.15) is 55.2 Å². The highest BCUT2D eigenvalue weighted by atomic mass is 16.1. The number of fused-ring (bicyclic) bond motifs is 1. The molecule has 7 nitrogen and oxygen atoms in total. The molecule has 1 saturated heterocycles. The van der Waals surface area contributed by atoms with Crippen LogP contribution in [-0.4, -0.2) is 51.8 Å². The van der Waals surface area contributed by atoms with Gasteiger partial charge in [-0.1, -0.05) is 6.07 Å². The molecule has 1 atom stereocenters. The molecule has 2 aliphatic rings. The summed E-state index contributed by atoms with van der Waals surface area (Å²) in [6.07, 6.45) is 6.87. The summed E-state index contributed by atoms with van der Waals surface area (Å²) in [5.41, 5.74) is 1.39. The van der Waals surface area contributed by atoms with Crippen molar-refractivity contribution in [2.45, 2.75) is 44.7 Å². The first-order valence-electron chi connectivity index (χ1n) is 9.81. The maximum atomic E-state index is 12.8. The van der Waals surface area contributed by atoms with E-state index in [-0.39, 0.29) is 17.5 Å². The molecule has 0 spiro atoms. The molecule has 1 amide bonds. The second-order valence-corrected chi connectivity index (χ2v) is 8.09. The van der Waals surface area contributed by atoms with Gasteiger partial charge in [0.25, 0.3) is 5.91 Å². The number of pyridine rings is 1. The number of hydrogen-bond donors (Lipinski definition) is 2. The van der Waals surface area contributed by atoms with E-state index in [1.807, 2.05) is 29.1 Å². The third kappa shape index (κ3) is 3.69. The van der Waals surface area contributed by atoms with Crippen LogP contribution in [0.4, 0.5) is 5.82 Å². The van der Waals surface area contributed by atoms with E-state index in [9.17, 15) is 4.79 Å². The lowest BCUT2D eigenvalue weighted by Gasteiger charge is -2.37. The van der Waals surface area contributed by atoms with Gasteiger partial charge in [-0.2, -0.15) is 5.10 Å². The lowest BCUT2D eigenvalue weighted by atomic mass is 9.91. The molecule has 0 saturated carbocycles. The Bertz CT molecular complexity index is 794. The third-order valence-electron chi connectivity index (χ3n) is 5.56. The Labute approximate surface area is 160 Å². The summed E-state index contributed by atoms with van der Waals surface area (Å²) in [4.78, 5) is 19.7. The highest BCUT2D eigenvalue weighted by Gasteiger charge is 2.37. The SMILES string of the molecule is CC1(C)CC(c2ccccn2)Nc2c(C(=O)NCCN3CCCC3)cnn21. The number of hydrogen-bond acceptors (Lipinski definition) is 5. The molecule has 2 aromatic heterocycles. The molecule has 7 heteroatoms. The molecule has 0 radical (unpaired) electrons. The van der Waals surface area contributed by atoms with Crippen molar-refractivity contribution in [2.24, 2.45) is 0 Å². The van der Waals surface area contributed by atoms with E-state index >= 15 is 0 Å². The van der Waals surface area contributed by atoms with Crippen molar-refractivity contribution in [3.05, 3.63) is 41.9 Å². The Balaban J connectivity index is 1.49. The van der Waals surface area contributed by atoms with Gasteiger partial charge in [-0.25, -0.2) is 4.68 Å². The van der Waals surface area contributed by atoms with Crippen LogP contribution < -0.4 is 10.6 Å². The van der Waals surface area contributed by atoms with Gasteiger partial charge < -0.3 is 15.5 Å². The van der Waals surface area contributed by atoms with E-state index in [4.69, 9.17) is 0 Å². The predicted molar refractivity (Wildman–Crippen MR) is 105 cm³/mol. The van der Waals surface area contributed by atoms with Crippen LogP contribution in [0.3, 0.4) is 0 Å². The molecule has 0 aromatic carbocycles. The van der Waals surface area contributed by atoms with Crippen molar-refractivity contribution in [3.63, 3.8) is 0 Å². The summed E-state index contributed by atoms with van der Waals surface area (Å²) in [7, 11) is 0. The molecule has 0 aliphatic carbocycles. The van der Waals surface area contributed by atoms with Crippen molar-refractivity contribution in [1.82, 2.24) is 25.0 Å². The molecular weight excluding hydrogens is 340 g/mol. The fourth-order valence-corrected chi connectivity index (χ4v) is 4.10. The summed E-state index contributed by atoms with van der Waals surface area (Å²) in [6.45, 7) is 8.15. The van der Waals surface area contributed by atoms with Crippen LogP contribution in [0.2, 0.25) is 0 Å². The van der Waals surface area contributed by atoms with E-state index in [0.29, 0.717) is 12.1 Å². The van der Waals surface area contributed by atoms with Crippen LogP contribution in [-0.2, 0) is 5.54 Å². The minimum Gasteiger partial charge on any atom is -0.361 e. The maximum Gasteiger partial charge on any atom is 0.256 e. The van der Waals surface area contributed by atoms with Gasteiger partial charge in [0.05, 0.1) is 23.5 Å². The van der Waals surface area contributed by atoms with Gasteiger partial charge in [0.1, 0.15) is 11.4 Å². The summed E-state index contributed by atoms with van der Waals surface area (Å²) in [5, 5.41) is 11.1. The number of nitrogens with zero attached hydrogens (tertiary/aromatic N) is 4. The maximum absolute atomic E-state index is 12.8. The minimum absolute atomic E-state index is 0.0570. The lowest BCUT2D eigenvalue weighted by molar-refractivity contribution is 0.0950. The monoisotopic (exact) mass is 368 g/mol. The topological polar surface area (TPSA) is 75.1 Å². The Morgan fingerprint density at radius 2 is 2.15 bits per heavy atom. The Hall–Kier alpha value is -2.41. The molecule has 27 heavy (non-hydrogen) atoms. The highest BCUT2D eigenvalue weighted by Crippen LogP contribution is 2.39. The molecule has 2 aromatic rings. The normalized spacial score (nSPS) is 21.5. The number of carbonyl (C=O) groups excluding carboxylic acids is 1. The van der Waals surface area contributed by atoms with E-state index < -0.39 is 0 Å². The van der Waals surface area contributed by atoms with Crippen molar-refractivity contribution in [1.29, 1.82) is 0 Å². The Morgan fingerprint density at radius 3 is 2.89 bits per heavy atom.